The van der Waals surface area contributed by atoms with Crippen LogP contribution in [0.5, 0.6) is 0 Å². The highest BCUT2D eigenvalue weighted by Crippen LogP contribution is 2.15. The molecule has 0 aliphatic heterocycles. The van der Waals surface area contributed by atoms with Gasteiger partial charge in [0, 0.05) is 19.2 Å². The lowest BCUT2D eigenvalue weighted by atomic mass is 10.2. The molecule has 0 aliphatic rings. The molecule has 1 N–H and O–H groups in total. The number of anilines is 1. The molecule has 0 saturated heterocycles. The Labute approximate surface area is 131 Å². The lowest BCUT2D eigenvalue weighted by molar-refractivity contribution is -0.123. The van der Waals surface area contributed by atoms with Crippen molar-refractivity contribution in [3.63, 3.8) is 0 Å². The molecule has 0 saturated carbocycles. The van der Waals surface area contributed by atoms with E-state index in [1.165, 1.54) is 11.8 Å². The fraction of sp³-hybridized carbons (Fsp3) is 0.438. The Morgan fingerprint density at radius 3 is 2.64 bits per heavy atom. The van der Waals surface area contributed by atoms with Crippen molar-refractivity contribution in [3.8, 4) is 6.07 Å². The second kappa shape index (κ2) is 8.80. The summed E-state index contributed by atoms with van der Waals surface area (Å²) in [6.07, 6.45) is 0.850. The minimum Gasteiger partial charge on any atom is -0.355 e. The molecule has 0 atom stereocenters. The van der Waals surface area contributed by atoms with Crippen LogP contribution in [-0.4, -0.2) is 50.4 Å². The molecule has 1 aromatic carbocycles. The Balaban J connectivity index is 2.63. The molecule has 6 heteroatoms. The Morgan fingerprint density at radius 2 is 2.05 bits per heavy atom. The van der Waals surface area contributed by atoms with Gasteiger partial charge in [-0.3, -0.25) is 9.59 Å². The van der Waals surface area contributed by atoms with Crippen LogP contribution in [0.25, 0.3) is 0 Å². The van der Waals surface area contributed by atoms with E-state index >= 15 is 0 Å². The molecule has 0 aromatic heterocycles. The second-order valence-electron chi connectivity index (χ2n) is 5.27. The van der Waals surface area contributed by atoms with Crippen LogP contribution in [0.15, 0.2) is 24.3 Å². The van der Waals surface area contributed by atoms with Gasteiger partial charge in [0.15, 0.2) is 0 Å². The van der Waals surface area contributed by atoms with Crippen molar-refractivity contribution in [1.29, 1.82) is 5.26 Å². The monoisotopic (exact) mass is 302 g/mol. The van der Waals surface area contributed by atoms with Gasteiger partial charge in [0.2, 0.25) is 11.8 Å². The van der Waals surface area contributed by atoms with Gasteiger partial charge in [-0.15, -0.1) is 0 Å². The van der Waals surface area contributed by atoms with E-state index in [2.05, 4.69) is 5.32 Å². The summed E-state index contributed by atoms with van der Waals surface area (Å²) < 4.78 is 0. The molecular formula is C16H22N4O2. The molecule has 0 aliphatic carbocycles. The van der Waals surface area contributed by atoms with Crippen LogP contribution >= 0.6 is 0 Å². The SMILES string of the molecule is CC(=O)N(CC(=O)NCCCN(C)C)c1cccc(C#N)c1. The number of nitrogens with one attached hydrogen (secondary N) is 1. The van der Waals surface area contributed by atoms with Crippen LogP contribution in [0.3, 0.4) is 0 Å². The van der Waals surface area contributed by atoms with Crippen molar-refractivity contribution < 1.29 is 9.59 Å². The first-order valence-corrected chi connectivity index (χ1v) is 7.13. The van der Waals surface area contributed by atoms with Crippen molar-refractivity contribution in [1.82, 2.24) is 10.2 Å². The molecule has 6 nitrogen and oxygen atoms in total. The Morgan fingerprint density at radius 1 is 1.32 bits per heavy atom. The highest BCUT2D eigenvalue weighted by atomic mass is 16.2. The number of benzene rings is 1. The Hall–Kier alpha value is -2.39. The number of nitrogens with zero attached hydrogens (tertiary/aromatic N) is 3. The molecule has 0 spiro atoms. The Bertz CT molecular complexity index is 564. The van der Waals surface area contributed by atoms with Gasteiger partial charge in [-0.1, -0.05) is 6.07 Å². The van der Waals surface area contributed by atoms with Gasteiger partial charge in [0.25, 0.3) is 0 Å². The van der Waals surface area contributed by atoms with Crippen LogP contribution in [0, 0.1) is 11.3 Å². The summed E-state index contributed by atoms with van der Waals surface area (Å²) in [5.74, 6) is -0.449. The van der Waals surface area contributed by atoms with Gasteiger partial charge in [-0.2, -0.15) is 5.26 Å². The zero-order chi connectivity index (χ0) is 16.5. The number of amides is 2. The summed E-state index contributed by atoms with van der Waals surface area (Å²) in [5, 5.41) is 11.7. The maximum absolute atomic E-state index is 11.9. The second-order valence-corrected chi connectivity index (χ2v) is 5.27. The van der Waals surface area contributed by atoms with Crippen molar-refractivity contribution in [2.45, 2.75) is 13.3 Å². The van der Waals surface area contributed by atoms with E-state index in [1.54, 1.807) is 24.3 Å². The predicted molar refractivity (Wildman–Crippen MR) is 85.4 cm³/mol. The first-order valence-electron chi connectivity index (χ1n) is 7.13. The third kappa shape index (κ3) is 5.94. The van der Waals surface area contributed by atoms with Crippen molar-refractivity contribution in [2.75, 3.05) is 38.6 Å². The number of hydrogen-bond donors (Lipinski definition) is 1. The smallest absolute Gasteiger partial charge is 0.240 e. The standard InChI is InChI=1S/C16H22N4O2/c1-13(21)20(15-7-4-6-14(10-15)11-17)12-16(22)18-8-5-9-19(2)3/h4,6-7,10H,5,8-9,12H2,1-3H3,(H,18,22). The fourth-order valence-electron chi connectivity index (χ4n) is 1.95. The molecule has 1 rings (SSSR count). The van der Waals surface area contributed by atoms with E-state index in [0.29, 0.717) is 17.8 Å². The lowest BCUT2D eigenvalue weighted by Gasteiger charge is -2.21. The summed E-state index contributed by atoms with van der Waals surface area (Å²) in [6, 6.07) is 8.68. The number of nitriles is 1. The number of rotatable bonds is 7. The topological polar surface area (TPSA) is 76.4 Å². The van der Waals surface area contributed by atoms with Gasteiger partial charge in [-0.05, 0) is 45.3 Å². The third-order valence-electron chi connectivity index (χ3n) is 3.07. The molecule has 118 valence electrons. The third-order valence-corrected chi connectivity index (χ3v) is 3.07. The average molecular weight is 302 g/mol. The predicted octanol–water partition coefficient (Wildman–Crippen LogP) is 0.979. The normalized spacial score (nSPS) is 10.1. The summed E-state index contributed by atoms with van der Waals surface area (Å²) in [4.78, 5) is 27.1. The maximum atomic E-state index is 11.9. The van der Waals surface area contributed by atoms with Crippen LogP contribution in [0.4, 0.5) is 5.69 Å². The van der Waals surface area contributed by atoms with Crippen LogP contribution in [-0.2, 0) is 9.59 Å². The highest BCUT2D eigenvalue weighted by Gasteiger charge is 2.15. The average Bonchev–Trinajstić information content (AvgIpc) is 2.48. The lowest BCUT2D eigenvalue weighted by Crippen LogP contribution is -2.40. The number of hydrogen-bond acceptors (Lipinski definition) is 4. The van der Waals surface area contributed by atoms with Gasteiger partial charge in [-0.25, -0.2) is 0 Å². The van der Waals surface area contributed by atoms with E-state index in [-0.39, 0.29) is 18.4 Å². The molecule has 0 radical (unpaired) electrons. The highest BCUT2D eigenvalue weighted by molar-refractivity contribution is 5.97. The first-order chi connectivity index (χ1) is 10.4. The van der Waals surface area contributed by atoms with Gasteiger partial charge < -0.3 is 15.1 Å². The molecule has 0 bridgehead atoms. The summed E-state index contributed by atoms with van der Waals surface area (Å²) in [7, 11) is 3.95. The Kier molecular flexibility index (Phi) is 7.06. The van der Waals surface area contributed by atoms with E-state index in [4.69, 9.17) is 5.26 Å². The van der Waals surface area contributed by atoms with Gasteiger partial charge in [0.1, 0.15) is 6.54 Å². The van der Waals surface area contributed by atoms with Crippen LogP contribution in [0.1, 0.15) is 18.9 Å². The van der Waals surface area contributed by atoms with E-state index < -0.39 is 0 Å². The summed E-state index contributed by atoms with van der Waals surface area (Å²) >= 11 is 0. The number of carbonyl (C=O) groups is 2. The van der Waals surface area contributed by atoms with E-state index in [1.807, 2.05) is 25.1 Å². The zero-order valence-corrected chi connectivity index (χ0v) is 13.3. The molecule has 0 unspecified atom stereocenters. The molecule has 2 amide bonds. The molecular weight excluding hydrogens is 280 g/mol. The summed E-state index contributed by atoms with van der Waals surface area (Å²) in [5.41, 5.74) is 1.00. The molecule has 22 heavy (non-hydrogen) atoms. The minimum absolute atomic E-state index is 0.0494. The van der Waals surface area contributed by atoms with Crippen molar-refractivity contribution in [3.05, 3.63) is 29.8 Å². The maximum Gasteiger partial charge on any atom is 0.240 e. The van der Waals surface area contributed by atoms with Crippen LogP contribution in [0.2, 0.25) is 0 Å². The van der Waals surface area contributed by atoms with E-state index in [0.717, 1.165) is 13.0 Å². The van der Waals surface area contributed by atoms with E-state index in [9.17, 15) is 9.59 Å². The zero-order valence-electron chi connectivity index (χ0n) is 13.3. The van der Waals surface area contributed by atoms with Crippen LogP contribution < -0.4 is 10.2 Å². The first kappa shape index (κ1) is 17.7. The molecule has 0 fully saturated rings. The van der Waals surface area contributed by atoms with Gasteiger partial charge in [0.05, 0.1) is 11.6 Å². The minimum atomic E-state index is -0.237. The molecule has 1 aromatic rings. The largest absolute Gasteiger partial charge is 0.355 e. The van der Waals surface area contributed by atoms with Crippen molar-refractivity contribution in [2.24, 2.45) is 0 Å². The quantitative estimate of drug-likeness (QED) is 0.762. The van der Waals surface area contributed by atoms with Gasteiger partial charge >= 0.3 is 0 Å². The number of carbonyl (C=O) groups excluding carboxylic acids is 2. The molecule has 0 heterocycles. The van der Waals surface area contributed by atoms with Crippen molar-refractivity contribution >= 4 is 17.5 Å². The fourth-order valence-corrected chi connectivity index (χ4v) is 1.95. The summed E-state index contributed by atoms with van der Waals surface area (Å²) in [6.45, 7) is 2.81.